The van der Waals surface area contributed by atoms with Gasteiger partial charge in [-0.15, -0.1) is 0 Å². The highest BCUT2D eigenvalue weighted by molar-refractivity contribution is 5.92. The van der Waals surface area contributed by atoms with E-state index in [0.29, 0.717) is 12.4 Å². The second kappa shape index (κ2) is 6.22. The van der Waals surface area contributed by atoms with Gasteiger partial charge in [-0.2, -0.15) is 0 Å². The van der Waals surface area contributed by atoms with Crippen LogP contribution in [-0.2, 0) is 16.8 Å². The first kappa shape index (κ1) is 16.1. The third kappa shape index (κ3) is 4.10. The van der Waals surface area contributed by atoms with Gasteiger partial charge in [0.2, 0.25) is 11.8 Å². The van der Waals surface area contributed by atoms with Gasteiger partial charge < -0.3 is 15.1 Å². The number of benzene rings is 1. The summed E-state index contributed by atoms with van der Waals surface area (Å²) in [6.45, 7) is 10.2. The van der Waals surface area contributed by atoms with Crippen LogP contribution in [0.5, 0.6) is 0 Å². The maximum atomic E-state index is 11.3. The lowest BCUT2D eigenvalue weighted by Crippen LogP contribution is -2.10. The number of amides is 1. The summed E-state index contributed by atoms with van der Waals surface area (Å²) in [6.07, 6.45) is 1.77. The summed E-state index contributed by atoms with van der Waals surface area (Å²) in [5, 5.41) is 6.08. The molecule has 0 atom stereocenters. The molecule has 0 bridgehead atoms. The first-order valence-electron chi connectivity index (χ1n) is 7.33. The smallest absolute Gasteiger partial charge is 0.221 e. The summed E-state index contributed by atoms with van der Waals surface area (Å²) in [6, 6.07) is 5.83. The van der Waals surface area contributed by atoms with E-state index in [0.717, 1.165) is 22.7 Å². The lowest BCUT2D eigenvalue weighted by Gasteiger charge is -2.14. The number of oxazole rings is 1. The molecule has 0 aliphatic heterocycles. The molecule has 118 valence electrons. The standard InChI is InChI=1S/C17H23N3O2/c1-11-6-7-13(20-12(2)21)14(8-11)18-10-16-19-9-15(22-16)17(3,4)5/h6-9,18H,10H2,1-5H3,(H,20,21). The van der Waals surface area contributed by atoms with Gasteiger partial charge in [-0.25, -0.2) is 4.98 Å². The van der Waals surface area contributed by atoms with Gasteiger partial charge in [-0.1, -0.05) is 26.8 Å². The normalized spacial score (nSPS) is 11.3. The van der Waals surface area contributed by atoms with Gasteiger partial charge in [-0.3, -0.25) is 4.79 Å². The van der Waals surface area contributed by atoms with E-state index in [4.69, 9.17) is 4.42 Å². The van der Waals surface area contributed by atoms with Crippen LogP contribution in [0.25, 0.3) is 0 Å². The Kier molecular flexibility index (Phi) is 4.54. The van der Waals surface area contributed by atoms with Crippen LogP contribution in [0.4, 0.5) is 11.4 Å². The molecule has 5 nitrogen and oxygen atoms in total. The van der Waals surface area contributed by atoms with Gasteiger partial charge in [0.05, 0.1) is 24.1 Å². The van der Waals surface area contributed by atoms with E-state index >= 15 is 0 Å². The number of nitrogens with one attached hydrogen (secondary N) is 2. The topological polar surface area (TPSA) is 67.2 Å². The molecule has 1 amide bonds. The van der Waals surface area contributed by atoms with Crippen LogP contribution in [-0.4, -0.2) is 10.9 Å². The highest BCUT2D eigenvalue weighted by Gasteiger charge is 2.19. The highest BCUT2D eigenvalue weighted by atomic mass is 16.4. The number of carbonyl (C=O) groups is 1. The van der Waals surface area contributed by atoms with Crippen LogP contribution >= 0.6 is 0 Å². The zero-order valence-corrected chi connectivity index (χ0v) is 13.8. The molecule has 0 aliphatic carbocycles. The van der Waals surface area contributed by atoms with E-state index in [1.807, 2.05) is 25.1 Å². The van der Waals surface area contributed by atoms with Crippen LogP contribution in [0.2, 0.25) is 0 Å². The van der Waals surface area contributed by atoms with Crippen molar-refractivity contribution in [2.24, 2.45) is 0 Å². The van der Waals surface area contributed by atoms with Gasteiger partial charge in [0.15, 0.2) is 0 Å². The van der Waals surface area contributed by atoms with E-state index < -0.39 is 0 Å². The average Bonchev–Trinajstić information content (AvgIpc) is 2.87. The molecule has 2 rings (SSSR count). The molecule has 1 heterocycles. The van der Waals surface area contributed by atoms with Crippen LogP contribution in [0, 0.1) is 6.92 Å². The van der Waals surface area contributed by atoms with Crippen molar-refractivity contribution in [1.29, 1.82) is 0 Å². The van der Waals surface area contributed by atoms with Crippen molar-refractivity contribution in [3.63, 3.8) is 0 Å². The third-order valence-corrected chi connectivity index (χ3v) is 3.21. The fraction of sp³-hybridized carbons (Fsp3) is 0.412. The summed E-state index contributed by atoms with van der Waals surface area (Å²) in [4.78, 5) is 15.6. The molecule has 1 aromatic carbocycles. The summed E-state index contributed by atoms with van der Waals surface area (Å²) in [7, 11) is 0. The predicted molar refractivity (Wildman–Crippen MR) is 88.0 cm³/mol. The largest absolute Gasteiger partial charge is 0.443 e. The van der Waals surface area contributed by atoms with Crippen molar-refractivity contribution in [3.05, 3.63) is 41.6 Å². The fourth-order valence-electron chi connectivity index (χ4n) is 2.01. The quantitative estimate of drug-likeness (QED) is 0.900. The van der Waals surface area contributed by atoms with Gasteiger partial charge in [0.1, 0.15) is 5.76 Å². The lowest BCUT2D eigenvalue weighted by atomic mass is 9.94. The Balaban J connectivity index is 2.12. The number of anilines is 2. The fourth-order valence-corrected chi connectivity index (χ4v) is 2.01. The van der Waals surface area contributed by atoms with Crippen molar-refractivity contribution in [3.8, 4) is 0 Å². The molecule has 2 N–H and O–H groups in total. The van der Waals surface area contributed by atoms with Crippen molar-refractivity contribution in [2.45, 2.75) is 46.6 Å². The number of hydrogen-bond acceptors (Lipinski definition) is 4. The molecular formula is C17H23N3O2. The lowest BCUT2D eigenvalue weighted by molar-refractivity contribution is -0.114. The Bertz CT molecular complexity index is 669. The van der Waals surface area contributed by atoms with Crippen LogP contribution in [0.1, 0.15) is 44.9 Å². The van der Waals surface area contributed by atoms with E-state index in [-0.39, 0.29) is 11.3 Å². The number of rotatable bonds is 4. The Morgan fingerprint density at radius 2 is 2.00 bits per heavy atom. The first-order chi connectivity index (χ1) is 10.3. The number of hydrogen-bond donors (Lipinski definition) is 2. The van der Waals surface area contributed by atoms with E-state index in [2.05, 4.69) is 36.4 Å². The SMILES string of the molecule is CC(=O)Nc1ccc(C)cc1NCc1ncc(C(C)(C)C)o1. The van der Waals surface area contributed by atoms with Crippen LogP contribution in [0.15, 0.2) is 28.8 Å². The number of aromatic nitrogens is 1. The molecule has 0 aliphatic rings. The Morgan fingerprint density at radius 3 is 2.59 bits per heavy atom. The zero-order valence-electron chi connectivity index (χ0n) is 13.8. The molecule has 0 saturated carbocycles. The zero-order chi connectivity index (χ0) is 16.3. The first-order valence-corrected chi connectivity index (χ1v) is 7.33. The molecule has 0 saturated heterocycles. The Morgan fingerprint density at radius 1 is 1.27 bits per heavy atom. The molecule has 22 heavy (non-hydrogen) atoms. The predicted octanol–water partition coefficient (Wildman–Crippen LogP) is 3.85. The number of nitrogens with zero attached hydrogens (tertiary/aromatic N) is 1. The maximum Gasteiger partial charge on any atom is 0.221 e. The third-order valence-electron chi connectivity index (χ3n) is 3.21. The number of aryl methyl sites for hydroxylation is 1. The molecule has 1 aromatic heterocycles. The Hall–Kier alpha value is -2.30. The molecule has 0 unspecified atom stereocenters. The van der Waals surface area contributed by atoms with Crippen molar-refractivity contribution in [1.82, 2.24) is 4.98 Å². The summed E-state index contributed by atoms with van der Waals surface area (Å²) in [5.41, 5.74) is 2.65. The second-order valence-electron chi connectivity index (χ2n) is 6.45. The molecule has 2 aromatic rings. The Labute approximate surface area is 131 Å². The molecule has 0 spiro atoms. The van der Waals surface area contributed by atoms with E-state index in [1.54, 1.807) is 6.20 Å². The van der Waals surface area contributed by atoms with Crippen LogP contribution in [0.3, 0.4) is 0 Å². The summed E-state index contributed by atoms with van der Waals surface area (Å²) < 4.78 is 5.76. The highest BCUT2D eigenvalue weighted by Crippen LogP contribution is 2.25. The van der Waals surface area contributed by atoms with Crippen LogP contribution < -0.4 is 10.6 Å². The maximum absolute atomic E-state index is 11.3. The van der Waals surface area contributed by atoms with Gasteiger partial charge >= 0.3 is 0 Å². The van der Waals surface area contributed by atoms with Crippen molar-refractivity contribution >= 4 is 17.3 Å². The minimum Gasteiger partial charge on any atom is -0.443 e. The molecule has 0 fully saturated rings. The minimum absolute atomic E-state index is 0.0596. The molecule has 5 heteroatoms. The minimum atomic E-state index is -0.0990. The summed E-state index contributed by atoms with van der Waals surface area (Å²) >= 11 is 0. The molecular weight excluding hydrogens is 278 g/mol. The monoisotopic (exact) mass is 301 g/mol. The van der Waals surface area contributed by atoms with Crippen molar-refractivity contribution < 1.29 is 9.21 Å². The van der Waals surface area contributed by atoms with Gasteiger partial charge in [0.25, 0.3) is 0 Å². The summed E-state index contributed by atoms with van der Waals surface area (Å²) in [5.74, 6) is 1.38. The van der Waals surface area contributed by atoms with E-state index in [9.17, 15) is 4.79 Å². The van der Waals surface area contributed by atoms with Gasteiger partial charge in [0, 0.05) is 12.3 Å². The van der Waals surface area contributed by atoms with E-state index in [1.165, 1.54) is 6.92 Å². The average molecular weight is 301 g/mol. The molecule has 0 radical (unpaired) electrons. The second-order valence-corrected chi connectivity index (χ2v) is 6.45. The number of carbonyl (C=O) groups excluding carboxylic acids is 1. The van der Waals surface area contributed by atoms with Gasteiger partial charge in [-0.05, 0) is 24.6 Å². The van der Waals surface area contributed by atoms with Crippen molar-refractivity contribution in [2.75, 3.05) is 10.6 Å².